The summed E-state index contributed by atoms with van der Waals surface area (Å²) < 4.78 is 35.0. The second kappa shape index (κ2) is 8.98. The van der Waals surface area contributed by atoms with Gasteiger partial charge in [-0.05, 0) is 12.0 Å². The van der Waals surface area contributed by atoms with Crippen molar-refractivity contribution in [3.63, 3.8) is 0 Å². The van der Waals surface area contributed by atoms with Gasteiger partial charge in [-0.3, -0.25) is 9.69 Å². The molecule has 1 aliphatic rings. The number of nitrogens with one attached hydrogen (secondary N) is 1. The number of hydrogen-bond donors (Lipinski definition) is 2. The zero-order valence-corrected chi connectivity index (χ0v) is 16.6. The molecule has 26 heavy (non-hydrogen) atoms. The SMILES string of the molecule is CCC(CC)C(CNS(=O)(=O)c1cc(C(N)=O)n(C)c1)N1CCOCC1. The average Bonchev–Trinajstić information content (AvgIpc) is 3.02. The molecule has 0 aliphatic carbocycles. The summed E-state index contributed by atoms with van der Waals surface area (Å²) in [5, 5.41) is 0. The molecule has 148 valence electrons. The Bertz CT molecular complexity index is 706. The fraction of sp³-hybridized carbons (Fsp3) is 0.706. The van der Waals surface area contributed by atoms with Crippen LogP contribution in [0.15, 0.2) is 17.2 Å². The molecule has 1 aromatic rings. The van der Waals surface area contributed by atoms with E-state index < -0.39 is 15.9 Å². The molecular weight excluding hydrogens is 356 g/mol. The van der Waals surface area contributed by atoms with Crippen molar-refractivity contribution in [1.29, 1.82) is 0 Å². The fourth-order valence-corrected chi connectivity index (χ4v) is 4.66. The monoisotopic (exact) mass is 386 g/mol. The molecule has 1 aliphatic heterocycles. The normalized spacial score (nSPS) is 17.5. The van der Waals surface area contributed by atoms with Crippen LogP contribution in [0.3, 0.4) is 0 Å². The van der Waals surface area contributed by atoms with E-state index in [1.54, 1.807) is 7.05 Å². The van der Waals surface area contributed by atoms with E-state index in [9.17, 15) is 13.2 Å². The second-order valence-corrected chi connectivity index (χ2v) is 8.45. The number of morpholine rings is 1. The Morgan fingerprint density at radius 1 is 1.31 bits per heavy atom. The molecule has 1 saturated heterocycles. The molecule has 9 heteroatoms. The Labute approximate surface area is 155 Å². The van der Waals surface area contributed by atoms with Crippen molar-refractivity contribution in [2.75, 3.05) is 32.8 Å². The molecule has 1 unspecified atom stereocenters. The van der Waals surface area contributed by atoms with E-state index >= 15 is 0 Å². The third-order valence-corrected chi connectivity index (χ3v) is 6.52. The molecule has 2 rings (SSSR count). The lowest BCUT2D eigenvalue weighted by Crippen LogP contribution is -2.52. The molecule has 1 atom stereocenters. The number of hydrogen-bond acceptors (Lipinski definition) is 5. The van der Waals surface area contributed by atoms with Crippen molar-refractivity contribution in [3.8, 4) is 0 Å². The van der Waals surface area contributed by atoms with Gasteiger partial charge in [0.25, 0.3) is 5.91 Å². The van der Waals surface area contributed by atoms with Crippen molar-refractivity contribution < 1.29 is 17.9 Å². The summed E-state index contributed by atoms with van der Waals surface area (Å²) in [6.45, 7) is 7.54. The predicted molar refractivity (Wildman–Crippen MR) is 99.4 cm³/mol. The van der Waals surface area contributed by atoms with Crippen molar-refractivity contribution in [3.05, 3.63) is 18.0 Å². The lowest BCUT2D eigenvalue weighted by molar-refractivity contribution is 0.00297. The van der Waals surface area contributed by atoms with Gasteiger partial charge in [-0.1, -0.05) is 26.7 Å². The van der Waals surface area contributed by atoms with Crippen LogP contribution in [0.1, 0.15) is 37.2 Å². The van der Waals surface area contributed by atoms with Crippen LogP contribution in [0.25, 0.3) is 0 Å². The van der Waals surface area contributed by atoms with E-state index in [1.165, 1.54) is 16.8 Å². The number of amides is 1. The van der Waals surface area contributed by atoms with Gasteiger partial charge in [0.2, 0.25) is 10.0 Å². The van der Waals surface area contributed by atoms with Crippen LogP contribution < -0.4 is 10.5 Å². The molecule has 0 saturated carbocycles. The summed E-state index contributed by atoms with van der Waals surface area (Å²) >= 11 is 0. The van der Waals surface area contributed by atoms with E-state index in [0.717, 1.165) is 25.9 Å². The number of nitrogens with zero attached hydrogens (tertiary/aromatic N) is 2. The van der Waals surface area contributed by atoms with Gasteiger partial charge >= 0.3 is 0 Å². The summed E-state index contributed by atoms with van der Waals surface area (Å²) in [7, 11) is -2.12. The summed E-state index contributed by atoms with van der Waals surface area (Å²) in [4.78, 5) is 13.7. The van der Waals surface area contributed by atoms with Gasteiger partial charge in [0, 0.05) is 38.9 Å². The van der Waals surface area contributed by atoms with Crippen LogP contribution >= 0.6 is 0 Å². The quantitative estimate of drug-likeness (QED) is 0.644. The highest BCUT2D eigenvalue weighted by Gasteiger charge is 2.29. The first-order chi connectivity index (χ1) is 12.3. The van der Waals surface area contributed by atoms with E-state index in [-0.39, 0.29) is 16.6 Å². The smallest absolute Gasteiger partial charge is 0.265 e. The van der Waals surface area contributed by atoms with Crippen LogP contribution in [-0.2, 0) is 21.8 Å². The Hall–Kier alpha value is -1.42. The summed E-state index contributed by atoms with van der Waals surface area (Å²) in [6, 6.07) is 1.42. The van der Waals surface area contributed by atoms with Gasteiger partial charge in [-0.15, -0.1) is 0 Å². The minimum Gasteiger partial charge on any atom is -0.379 e. The van der Waals surface area contributed by atoms with E-state index in [0.29, 0.717) is 25.7 Å². The number of carbonyl (C=O) groups excluding carboxylic acids is 1. The number of carbonyl (C=O) groups is 1. The summed E-state index contributed by atoms with van der Waals surface area (Å²) in [6.07, 6.45) is 3.37. The number of sulfonamides is 1. The largest absolute Gasteiger partial charge is 0.379 e. The fourth-order valence-electron chi connectivity index (χ4n) is 3.54. The Kier molecular flexibility index (Phi) is 7.22. The lowest BCUT2D eigenvalue weighted by atomic mass is 9.92. The highest BCUT2D eigenvalue weighted by atomic mass is 32.2. The Morgan fingerprint density at radius 3 is 2.42 bits per heavy atom. The molecular formula is C17H30N4O4S. The molecule has 3 N–H and O–H groups in total. The van der Waals surface area contributed by atoms with E-state index in [4.69, 9.17) is 10.5 Å². The van der Waals surface area contributed by atoms with Gasteiger partial charge < -0.3 is 15.0 Å². The van der Waals surface area contributed by atoms with E-state index in [1.807, 2.05) is 0 Å². The number of aromatic nitrogens is 1. The molecule has 1 aromatic heterocycles. The highest BCUT2D eigenvalue weighted by Crippen LogP contribution is 2.21. The Balaban J connectivity index is 2.15. The molecule has 1 amide bonds. The molecule has 1 fully saturated rings. The molecule has 0 radical (unpaired) electrons. The number of ether oxygens (including phenoxy) is 1. The van der Waals surface area contributed by atoms with Gasteiger partial charge in [-0.25, -0.2) is 13.1 Å². The standard InChI is InChI=1S/C17H30N4O4S/c1-4-13(5-2)16(21-6-8-25-9-7-21)11-19-26(23,24)14-10-15(17(18)22)20(3)12-14/h10,12-13,16,19H,4-9,11H2,1-3H3,(H2,18,22). The predicted octanol–water partition coefficient (Wildman–Crippen LogP) is 0.539. The molecule has 0 spiro atoms. The summed E-state index contributed by atoms with van der Waals surface area (Å²) in [5.41, 5.74) is 5.44. The second-order valence-electron chi connectivity index (χ2n) is 6.68. The first kappa shape index (κ1) is 20.9. The van der Waals surface area contributed by atoms with E-state index in [2.05, 4.69) is 23.5 Å². The van der Waals surface area contributed by atoms with Crippen LogP contribution in [0, 0.1) is 5.92 Å². The first-order valence-corrected chi connectivity index (χ1v) is 10.6. The highest BCUT2D eigenvalue weighted by molar-refractivity contribution is 7.89. The van der Waals surface area contributed by atoms with Crippen molar-refractivity contribution in [2.24, 2.45) is 18.7 Å². The number of nitrogens with two attached hydrogens (primary N) is 1. The van der Waals surface area contributed by atoms with Crippen LogP contribution in [0.4, 0.5) is 0 Å². The number of aryl methyl sites for hydroxylation is 1. The van der Waals surface area contributed by atoms with Crippen molar-refractivity contribution >= 4 is 15.9 Å². The van der Waals surface area contributed by atoms with Crippen LogP contribution in [0.2, 0.25) is 0 Å². The average molecular weight is 387 g/mol. The minimum atomic E-state index is -3.72. The number of rotatable bonds is 9. The maximum absolute atomic E-state index is 12.7. The molecule has 8 nitrogen and oxygen atoms in total. The van der Waals surface area contributed by atoms with Crippen molar-refractivity contribution in [1.82, 2.24) is 14.2 Å². The molecule has 2 heterocycles. The zero-order chi connectivity index (χ0) is 19.3. The van der Waals surface area contributed by atoms with Gasteiger partial charge in [0.05, 0.1) is 13.2 Å². The van der Waals surface area contributed by atoms with Crippen LogP contribution in [0.5, 0.6) is 0 Å². The van der Waals surface area contributed by atoms with Gasteiger partial charge in [-0.2, -0.15) is 0 Å². The summed E-state index contributed by atoms with van der Waals surface area (Å²) in [5.74, 6) is -0.259. The first-order valence-electron chi connectivity index (χ1n) is 9.07. The zero-order valence-electron chi connectivity index (χ0n) is 15.8. The lowest BCUT2D eigenvalue weighted by Gasteiger charge is -2.38. The number of primary amides is 1. The van der Waals surface area contributed by atoms with Crippen LogP contribution in [-0.4, -0.2) is 62.7 Å². The van der Waals surface area contributed by atoms with Gasteiger partial charge in [0.1, 0.15) is 10.6 Å². The van der Waals surface area contributed by atoms with Gasteiger partial charge in [0.15, 0.2) is 0 Å². The molecule has 0 bridgehead atoms. The minimum absolute atomic E-state index is 0.0547. The third-order valence-electron chi connectivity index (χ3n) is 5.13. The maximum Gasteiger partial charge on any atom is 0.265 e. The molecule has 0 aromatic carbocycles. The topological polar surface area (TPSA) is 107 Å². The van der Waals surface area contributed by atoms with Crippen molar-refractivity contribution in [2.45, 2.75) is 37.6 Å². The Morgan fingerprint density at radius 2 is 1.92 bits per heavy atom. The third kappa shape index (κ3) is 4.85. The maximum atomic E-state index is 12.7.